The summed E-state index contributed by atoms with van der Waals surface area (Å²) >= 11 is 0. The number of rotatable bonds is 5. The van der Waals surface area contributed by atoms with Gasteiger partial charge < -0.3 is 10.5 Å². The van der Waals surface area contributed by atoms with E-state index in [2.05, 4.69) is 52.0 Å². The van der Waals surface area contributed by atoms with Crippen LogP contribution in [-0.2, 0) is 6.42 Å². The van der Waals surface area contributed by atoms with Gasteiger partial charge in [0.2, 0.25) is 0 Å². The fraction of sp³-hybridized carbons (Fsp3) is 0.368. The maximum atomic E-state index is 6.04. The third-order valence-corrected chi connectivity index (χ3v) is 3.88. The van der Waals surface area contributed by atoms with E-state index in [1.54, 1.807) is 0 Å². The van der Waals surface area contributed by atoms with E-state index in [4.69, 9.17) is 10.5 Å². The zero-order valence-corrected chi connectivity index (χ0v) is 13.4. The average molecular weight is 283 g/mol. The van der Waals surface area contributed by atoms with Crippen molar-refractivity contribution < 1.29 is 4.74 Å². The van der Waals surface area contributed by atoms with Crippen LogP contribution in [0.4, 0.5) is 0 Å². The molecule has 1 atom stereocenters. The van der Waals surface area contributed by atoms with Crippen molar-refractivity contribution in [1.29, 1.82) is 0 Å². The monoisotopic (exact) mass is 283 g/mol. The van der Waals surface area contributed by atoms with Gasteiger partial charge in [0.15, 0.2) is 0 Å². The number of hydrogen-bond donors (Lipinski definition) is 1. The molecule has 0 aliphatic heterocycles. The molecule has 21 heavy (non-hydrogen) atoms. The fourth-order valence-electron chi connectivity index (χ4n) is 2.43. The third-order valence-electron chi connectivity index (χ3n) is 3.88. The summed E-state index contributed by atoms with van der Waals surface area (Å²) in [5.74, 6) is 1.80. The molecule has 2 aromatic rings. The normalized spacial score (nSPS) is 12.2. The minimum atomic E-state index is 0.231. The molecule has 2 N–H and O–H groups in total. The summed E-state index contributed by atoms with van der Waals surface area (Å²) in [5.41, 5.74) is 11.0. The molecule has 0 aliphatic carbocycles. The van der Waals surface area contributed by atoms with Crippen LogP contribution < -0.4 is 10.5 Å². The second-order valence-electron chi connectivity index (χ2n) is 5.83. The minimum absolute atomic E-state index is 0.231. The van der Waals surface area contributed by atoms with E-state index >= 15 is 0 Å². The Labute approximate surface area is 127 Å². The van der Waals surface area contributed by atoms with Crippen LogP contribution in [0.2, 0.25) is 0 Å². The van der Waals surface area contributed by atoms with Crippen molar-refractivity contribution in [2.75, 3.05) is 0 Å². The summed E-state index contributed by atoms with van der Waals surface area (Å²) in [5, 5.41) is 0. The van der Waals surface area contributed by atoms with Gasteiger partial charge in [-0.2, -0.15) is 0 Å². The molecule has 2 aromatic carbocycles. The van der Waals surface area contributed by atoms with Crippen LogP contribution in [-0.4, -0.2) is 6.04 Å². The zero-order chi connectivity index (χ0) is 15.4. The first kappa shape index (κ1) is 15.6. The zero-order valence-electron chi connectivity index (χ0n) is 13.4. The molecular formula is C19H25NO. The second-order valence-corrected chi connectivity index (χ2v) is 5.83. The lowest BCUT2D eigenvalue weighted by Gasteiger charge is -2.14. The molecule has 0 saturated carbocycles. The van der Waals surface area contributed by atoms with Crippen molar-refractivity contribution in [3.05, 3.63) is 58.7 Å². The smallest absolute Gasteiger partial charge is 0.130 e. The lowest BCUT2D eigenvalue weighted by Crippen LogP contribution is -2.21. The van der Waals surface area contributed by atoms with Crippen LogP contribution >= 0.6 is 0 Å². The lowest BCUT2D eigenvalue weighted by molar-refractivity contribution is 0.478. The first-order chi connectivity index (χ1) is 9.99. The van der Waals surface area contributed by atoms with Gasteiger partial charge in [0.1, 0.15) is 11.5 Å². The quantitative estimate of drug-likeness (QED) is 0.864. The highest BCUT2D eigenvalue weighted by molar-refractivity contribution is 5.42. The third kappa shape index (κ3) is 4.08. The molecule has 0 saturated heterocycles. The Morgan fingerprint density at radius 2 is 1.76 bits per heavy atom. The van der Waals surface area contributed by atoms with Crippen molar-refractivity contribution in [1.82, 2.24) is 0 Å². The van der Waals surface area contributed by atoms with Gasteiger partial charge in [0, 0.05) is 6.04 Å². The highest BCUT2D eigenvalue weighted by Gasteiger charge is 2.07. The van der Waals surface area contributed by atoms with Crippen LogP contribution in [0.5, 0.6) is 11.5 Å². The van der Waals surface area contributed by atoms with E-state index in [9.17, 15) is 0 Å². The van der Waals surface area contributed by atoms with E-state index in [-0.39, 0.29) is 6.04 Å². The van der Waals surface area contributed by atoms with E-state index in [0.29, 0.717) is 0 Å². The van der Waals surface area contributed by atoms with Crippen molar-refractivity contribution in [2.45, 2.75) is 46.6 Å². The molecule has 0 spiro atoms. The van der Waals surface area contributed by atoms with E-state index < -0.39 is 0 Å². The molecule has 2 nitrogen and oxygen atoms in total. The number of ether oxygens (including phenoxy) is 1. The van der Waals surface area contributed by atoms with Crippen LogP contribution in [0, 0.1) is 20.8 Å². The maximum Gasteiger partial charge on any atom is 0.130 e. The largest absolute Gasteiger partial charge is 0.457 e. The summed E-state index contributed by atoms with van der Waals surface area (Å²) in [7, 11) is 0. The summed E-state index contributed by atoms with van der Waals surface area (Å²) in [4.78, 5) is 0. The Balaban J connectivity index is 2.16. The molecule has 0 aromatic heterocycles. The van der Waals surface area contributed by atoms with Gasteiger partial charge in [-0.05, 0) is 68.5 Å². The molecule has 112 valence electrons. The van der Waals surface area contributed by atoms with Gasteiger partial charge in [-0.1, -0.05) is 30.7 Å². The number of nitrogens with two attached hydrogens (primary N) is 1. The van der Waals surface area contributed by atoms with Crippen molar-refractivity contribution >= 4 is 0 Å². The second kappa shape index (κ2) is 6.77. The number of benzene rings is 2. The summed E-state index contributed by atoms with van der Waals surface area (Å²) in [6.07, 6.45) is 1.92. The molecule has 1 unspecified atom stereocenters. The Bertz CT molecular complexity index is 619. The molecule has 0 aliphatic rings. The number of aryl methyl sites for hydroxylation is 3. The molecule has 0 bridgehead atoms. The van der Waals surface area contributed by atoms with Crippen LogP contribution in [0.25, 0.3) is 0 Å². The van der Waals surface area contributed by atoms with Gasteiger partial charge in [-0.15, -0.1) is 0 Å². The highest BCUT2D eigenvalue weighted by Crippen LogP contribution is 2.27. The average Bonchev–Trinajstić information content (AvgIpc) is 2.44. The minimum Gasteiger partial charge on any atom is -0.457 e. The van der Waals surface area contributed by atoms with Gasteiger partial charge >= 0.3 is 0 Å². The predicted molar refractivity (Wildman–Crippen MR) is 89.1 cm³/mol. The van der Waals surface area contributed by atoms with Crippen LogP contribution in [0.1, 0.15) is 35.6 Å². The van der Waals surface area contributed by atoms with Crippen molar-refractivity contribution in [2.24, 2.45) is 5.73 Å². The highest BCUT2D eigenvalue weighted by atomic mass is 16.5. The molecule has 0 radical (unpaired) electrons. The first-order valence-corrected chi connectivity index (χ1v) is 7.59. The predicted octanol–water partition coefficient (Wildman–Crippen LogP) is 4.68. The molecule has 2 heteroatoms. The van der Waals surface area contributed by atoms with Gasteiger partial charge in [0.25, 0.3) is 0 Å². The van der Waals surface area contributed by atoms with Crippen molar-refractivity contribution in [3.8, 4) is 11.5 Å². The van der Waals surface area contributed by atoms with E-state index in [1.165, 1.54) is 16.7 Å². The van der Waals surface area contributed by atoms with Gasteiger partial charge in [0.05, 0.1) is 0 Å². The Kier molecular flexibility index (Phi) is 5.03. The standard InChI is InChI=1S/C19H25NO/c1-5-17(20)12-16-7-8-18(11-14(16)3)21-19-9-6-13(2)10-15(19)4/h6-11,17H,5,12,20H2,1-4H3. The van der Waals surface area contributed by atoms with Gasteiger partial charge in [-0.25, -0.2) is 0 Å². The summed E-state index contributed by atoms with van der Waals surface area (Å²) < 4.78 is 6.00. The summed E-state index contributed by atoms with van der Waals surface area (Å²) in [6, 6.07) is 12.7. The summed E-state index contributed by atoms with van der Waals surface area (Å²) in [6.45, 7) is 8.40. The molecule has 0 fully saturated rings. The topological polar surface area (TPSA) is 35.2 Å². The first-order valence-electron chi connectivity index (χ1n) is 7.59. The van der Waals surface area contributed by atoms with Crippen LogP contribution in [0.3, 0.4) is 0 Å². The Morgan fingerprint density at radius 1 is 1.00 bits per heavy atom. The van der Waals surface area contributed by atoms with Gasteiger partial charge in [-0.3, -0.25) is 0 Å². The maximum absolute atomic E-state index is 6.04. The molecule has 2 rings (SSSR count). The Hall–Kier alpha value is -1.80. The molecular weight excluding hydrogens is 258 g/mol. The lowest BCUT2D eigenvalue weighted by atomic mass is 10.00. The number of hydrogen-bond acceptors (Lipinski definition) is 2. The molecule has 0 amide bonds. The van der Waals surface area contributed by atoms with E-state index in [0.717, 1.165) is 29.9 Å². The SMILES string of the molecule is CCC(N)Cc1ccc(Oc2ccc(C)cc2C)cc1C. The van der Waals surface area contributed by atoms with E-state index in [1.807, 2.05) is 12.1 Å². The van der Waals surface area contributed by atoms with Crippen LogP contribution in [0.15, 0.2) is 36.4 Å². The fourth-order valence-corrected chi connectivity index (χ4v) is 2.43. The molecule has 0 heterocycles. The Morgan fingerprint density at radius 3 is 2.38 bits per heavy atom. The van der Waals surface area contributed by atoms with Crippen molar-refractivity contribution in [3.63, 3.8) is 0 Å².